The highest BCUT2D eigenvalue weighted by Crippen LogP contribution is 2.25. The third kappa shape index (κ3) is 4.30. The van der Waals surface area contributed by atoms with Crippen LogP contribution in [0.1, 0.15) is 30.9 Å². The van der Waals surface area contributed by atoms with Crippen molar-refractivity contribution < 1.29 is 9.53 Å². The third-order valence-corrected chi connectivity index (χ3v) is 4.84. The van der Waals surface area contributed by atoms with E-state index in [9.17, 15) is 10.1 Å². The van der Waals surface area contributed by atoms with Gasteiger partial charge in [0.25, 0.3) is 0 Å². The van der Waals surface area contributed by atoms with Crippen LogP contribution >= 0.6 is 0 Å². The van der Waals surface area contributed by atoms with Crippen LogP contribution in [0.4, 0.5) is 0 Å². The molecule has 0 radical (unpaired) electrons. The normalized spacial score (nSPS) is 17.5. The number of carbonyl (C=O) groups excluding carboxylic acids is 1. The zero-order valence-electron chi connectivity index (χ0n) is 15.1. The molecule has 0 aliphatic carbocycles. The Morgan fingerprint density at radius 3 is 2.73 bits per heavy atom. The van der Waals surface area contributed by atoms with Gasteiger partial charge >= 0.3 is 5.97 Å². The molecule has 1 fully saturated rings. The molecule has 3 rings (SSSR count). The summed E-state index contributed by atoms with van der Waals surface area (Å²) in [5.74, 6) is -0.0777. The Hall–Kier alpha value is -2.64. The molecule has 0 N–H and O–H groups in total. The molecule has 1 atom stereocenters. The number of ether oxygens (including phenoxy) is 1. The van der Waals surface area contributed by atoms with E-state index in [-0.39, 0.29) is 11.9 Å². The molecule has 1 heterocycles. The Morgan fingerprint density at radius 1 is 1.23 bits per heavy atom. The van der Waals surface area contributed by atoms with Crippen LogP contribution in [-0.2, 0) is 16.1 Å². The number of hydrogen-bond donors (Lipinski definition) is 0. The molecule has 0 bridgehead atoms. The average Bonchev–Trinajstić information content (AvgIpc) is 2.69. The summed E-state index contributed by atoms with van der Waals surface area (Å²) in [6, 6.07) is 18.2. The van der Waals surface area contributed by atoms with Crippen LogP contribution in [0, 0.1) is 17.2 Å². The number of nitrogens with zero attached hydrogens (tertiary/aromatic N) is 2. The van der Waals surface area contributed by atoms with Crippen molar-refractivity contribution in [1.29, 1.82) is 5.26 Å². The van der Waals surface area contributed by atoms with Crippen LogP contribution in [0.3, 0.4) is 0 Å². The highest BCUT2D eigenvalue weighted by atomic mass is 16.5. The van der Waals surface area contributed by atoms with E-state index >= 15 is 0 Å². The Kier molecular flexibility index (Phi) is 6.04. The van der Waals surface area contributed by atoms with Crippen molar-refractivity contribution >= 4 is 5.97 Å². The van der Waals surface area contributed by atoms with E-state index in [0.717, 1.165) is 43.6 Å². The maximum atomic E-state index is 12.0. The second kappa shape index (κ2) is 8.64. The SMILES string of the molecule is CCOC(=O)[C@H]1CCCN(Cc2ccc(-c3ccccc3C#N)cc2)C1. The molecule has 4 nitrogen and oxygen atoms in total. The number of esters is 1. The highest BCUT2D eigenvalue weighted by Gasteiger charge is 2.26. The number of hydrogen-bond acceptors (Lipinski definition) is 4. The van der Waals surface area contributed by atoms with Gasteiger partial charge in [-0.25, -0.2) is 0 Å². The Morgan fingerprint density at radius 2 is 2.00 bits per heavy atom. The van der Waals surface area contributed by atoms with Crippen molar-refractivity contribution in [2.75, 3.05) is 19.7 Å². The largest absolute Gasteiger partial charge is 0.466 e. The maximum absolute atomic E-state index is 12.0. The maximum Gasteiger partial charge on any atom is 0.310 e. The lowest BCUT2D eigenvalue weighted by Crippen LogP contribution is -2.38. The van der Waals surface area contributed by atoms with Crippen molar-refractivity contribution in [3.63, 3.8) is 0 Å². The third-order valence-electron chi connectivity index (χ3n) is 4.84. The lowest BCUT2D eigenvalue weighted by molar-refractivity contribution is -0.150. The first kappa shape index (κ1) is 18.2. The van der Waals surface area contributed by atoms with Gasteiger partial charge in [0.05, 0.1) is 24.2 Å². The second-order valence-corrected chi connectivity index (χ2v) is 6.68. The Labute approximate surface area is 155 Å². The molecule has 134 valence electrons. The summed E-state index contributed by atoms with van der Waals surface area (Å²) < 4.78 is 5.17. The molecule has 2 aromatic carbocycles. The number of rotatable bonds is 5. The number of likely N-dealkylation sites (tertiary alicyclic amines) is 1. The van der Waals surface area contributed by atoms with Crippen molar-refractivity contribution in [2.24, 2.45) is 5.92 Å². The van der Waals surface area contributed by atoms with E-state index in [1.54, 1.807) is 0 Å². The summed E-state index contributed by atoms with van der Waals surface area (Å²) >= 11 is 0. The Bertz CT molecular complexity index is 793. The zero-order chi connectivity index (χ0) is 18.4. The summed E-state index contributed by atoms with van der Waals surface area (Å²) in [6.07, 6.45) is 1.94. The monoisotopic (exact) mass is 348 g/mol. The van der Waals surface area contributed by atoms with Gasteiger partial charge in [0.2, 0.25) is 0 Å². The molecular formula is C22H24N2O2. The molecule has 0 saturated carbocycles. The summed E-state index contributed by atoms with van der Waals surface area (Å²) in [5, 5.41) is 9.26. The molecule has 1 saturated heterocycles. The van der Waals surface area contributed by atoms with E-state index in [4.69, 9.17) is 4.74 Å². The van der Waals surface area contributed by atoms with E-state index in [2.05, 4.69) is 35.2 Å². The average molecular weight is 348 g/mol. The predicted molar refractivity (Wildman–Crippen MR) is 101 cm³/mol. The topological polar surface area (TPSA) is 53.3 Å². The summed E-state index contributed by atoms with van der Waals surface area (Å²) in [7, 11) is 0. The van der Waals surface area contributed by atoms with Crippen molar-refractivity contribution in [3.8, 4) is 17.2 Å². The van der Waals surface area contributed by atoms with Gasteiger partial charge in [-0.15, -0.1) is 0 Å². The molecule has 0 spiro atoms. The Balaban J connectivity index is 1.66. The molecule has 1 aliphatic heterocycles. The van der Waals surface area contributed by atoms with Gasteiger partial charge in [-0.1, -0.05) is 42.5 Å². The zero-order valence-corrected chi connectivity index (χ0v) is 15.1. The smallest absolute Gasteiger partial charge is 0.310 e. The molecule has 1 aliphatic rings. The highest BCUT2D eigenvalue weighted by molar-refractivity contribution is 5.73. The van der Waals surface area contributed by atoms with E-state index in [0.29, 0.717) is 12.2 Å². The van der Waals surface area contributed by atoms with Crippen LogP contribution in [-0.4, -0.2) is 30.6 Å². The molecule has 26 heavy (non-hydrogen) atoms. The lowest BCUT2D eigenvalue weighted by atomic mass is 9.97. The standard InChI is InChI=1S/C22H24N2O2/c1-2-26-22(25)20-7-5-13-24(16-20)15-17-9-11-18(12-10-17)21-8-4-3-6-19(21)14-23/h3-4,6,8-12,20H,2,5,7,13,15-16H2,1H3/t20-/m0/s1. The van der Waals surface area contributed by atoms with Gasteiger partial charge < -0.3 is 4.74 Å². The number of piperidine rings is 1. The fourth-order valence-corrected chi connectivity index (χ4v) is 3.53. The number of nitriles is 1. The van der Waals surface area contributed by atoms with Crippen LogP contribution in [0.15, 0.2) is 48.5 Å². The molecule has 0 amide bonds. The molecule has 0 aromatic heterocycles. The number of benzene rings is 2. The lowest BCUT2D eigenvalue weighted by Gasteiger charge is -2.31. The second-order valence-electron chi connectivity index (χ2n) is 6.68. The first-order chi connectivity index (χ1) is 12.7. The van der Waals surface area contributed by atoms with Crippen LogP contribution in [0.2, 0.25) is 0 Å². The van der Waals surface area contributed by atoms with Crippen molar-refractivity contribution in [1.82, 2.24) is 4.90 Å². The minimum atomic E-state index is -0.0688. The van der Waals surface area contributed by atoms with Crippen molar-refractivity contribution in [3.05, 3.63) is 59.7 Å². The number of carbonyl (C=O) groups is 1. The summed E-state index contributed by atoms with van der Waals surface area (Å²) in [4.78, 5) is 14.3. The first-order valence-electron chi connectivity index (χ1n) is 9.18. The fourth-order valence-electron chi connectivity index (χ4n) is 3.53. The van der Waals surface area contributed by atoms with Gasteiger partial charge in [-0.2, -0.15) is 5.26 Å². The molecule has 2 aromatic rings. The predicted octanol–water partition coefficient (Wildman–Crippen LogP) is 4.00. The quantitative estimate of drug-likeness (QED) is 0.767. The minimum absolute atomic E-state index is 0.00882. The van der Waals surface area contributed by atoms with Crippen molar-refractivity contribution in [2.45, 2.75) is 26.3 Å². The van der Waals surface area contributed by atoms with Gasteiger partial charge in [-0.3, -0.25) is 9.69 Å². The molecular weight excluding hydrogens is 324 g/mol. The molecule has 4 heteroatoms. The fraction of sp³-hybridized carbons (Fsp3) is 0.364. The van der Waals surface area contributed by atoms with E-state index < -0.39 is 0 Å². The van der Waals surface area contributed by atoms with Gasteiger partial charge in [0.1, 0.15) is 0 Å². The van der Waals surface area contributed by atoms with Gasteiger partial charge in [0, 0.05) is 13.1 Å². The van der Waals surface area contributed by atoms with Crippen LogP contribution in [0.25, 0.3) is 11.1 Å². The first-order valence-corrected chi connectivity index (χ1v) is 9.18. The van der Waals surface area contributed by atoms with Crippen LogP contribution < -0.4 is 0 Å². The van der Waals surface area contributed by atoms with E-state index in [1.165, 1.54) is 5.56 Å². The summed E-state index contributed by atoms with van der Waals surface area (Å²) in [6.45, 7) is 4.90. The molecule has 0 unspecified atom stereocenters. The summed E-state index contributed by atoms with van der Waals surface area (Å²) in [5.41, 5.74) is 3.91. The van der Waals surface area contributed by atoms with Gasteiger partial charge in [0.15, 0.2) is 0 Å². The van der Waals surface area contributed by atoms with E-state index in [1.807, 2.05) is 31.2 Å². The van der Waals surface area contributed by atoms with Gasteiger partial charge in [-0.05, 0) is 49.1 Å². The van der Waals surface area contributed by atoms with Crippen LogP contribution in [0.5, 0.6) is 0 Å². The minimum Gasteiger partial charge on any atom is -0.466 e.